The number of ether oxygens (including phenoxy) is 3. The van der Waals surface area contributed by atoms with E-state index in [1.165, 1.54) is 23.5 Å². The molecular formula is C19H16FNO4S. The molecule has 0 saturated carbocycles. The highest BCUT2D eigenvalue weighted by Gasteiger charge is 2.08. The second-order valence-electron chi connectivity index (χ2n) is 5.24. The van der Waals surface area contributed by atoms with E-state index in [1.807, 2.05) is 18.2 Å². The van der Waals surface area contributed by atoms with Gasteiger partial charge >= 0.3 is 5.97 Å². The van der Waals surface area contributed by atoms with Gasteiger partial charge < -0.3 is 14.2 Å². The molecule has 5 nitrogen and oxygen atoms in total. The van der Waals surface area contributed by atoms with Crippen molar-refractivity contribution in [1.29, 1.82) is 0 Å². The first kappa shape index (κ1) is 17.9. The number of carbonyl (C=O) groups is 1. The highest BCUT2D eigenvalue weighted by Crippen LogP contribution is 2.16. The van der Waals surface area contributed by atoms with Crippen molar-refractivity contribution in [2.45, 2.75) is 13.2 Å². The minimum atomic E-state index is -0.467. The molecule has 0 radical (unpaired) electrons. The van der Waals surface area contributed by atoms with Crippen LogP contribution < -0.4 is 9.47 Å². The first-order valence-electron chi connectivity index (χ1n) is 7.84. The standard InChI is InChI=1S/C19H16FNO4S/c20-14-6-8-17(9-7-14)23-11-18-21-15(13-26-18)10-25-19(22)12-24-16-4-2-1-3-5-16/h1-9,13H,10-12H2. The largest absolute Gasteiger partial charge is 0.486 e. The lowest BCUT2D eigenvalue weighted by Crippen LogP contribution is -2.14. The van der Waals surface area contributed by atoms with Gasteiger partial charge in [0.05, 0.1) is 5.69 Å². The lowest BCUT2D eigenvalue weighted by molar-refractivity contribution is -0.147. The number of rotatable bonds is 8. The molecule has 0 amide bonds. The molecule has 3 rings (SSSR count). The van der Waals surface area contributed by atoms with E-state index in [9.17, 15) is 9.18 Å². The minimum Gasteiger partial charge on any atom is -0.486 e. The van der Waals surface area contributed by atoms with Crippen LogP contribution in [0.15, 0.2) is 60.0 Å². The number of hydrogen-bond acceptors (Lipinski definition) is 6. The quantitative estimate of drug-likeness (QED) is 0.559. The van der Waals surface area contributed by atoms with Gasteiger partial charge in [-0.05, 0) is 36.4 Å². The first-order chi connectivity index (χ1) is 12.7. The van der Waals surface area contributed by atoms with Crippen LogP contribution in [0.1, 0.15) is 10.7 Å². The van der Waals surface area contributed by atoms with Gasteiger partial charge in [0.25, 0.3) is 0 Å². The van der Waals surface area contributed by atoms with Crippen LogP contribution in [0, 0.1) is 5.82 Å². The van der Waals surface area contributed by atoms with E-state index in [4.69, 9.17) is 14.2 Å². The molecule has 1 aromatic heterocycles. The second kappa shape index (κ2) is 8.96. The zero-order valence-electron chi connectivity index (χ0n) is 13.8. The number of thiazole rings is 1. The SMILES string of the molecule is O=C(COc1ccccc1)OCc1csc(COc2ccc(F)cc2)n1. The number of esters is 1. The first-order valence-corrected chi connectivity index (χ1v) is 8.72. The van der Waals surface area contributed by atoms with Crippen molar-refractivity contribution in [3.05, 3.63) is 76.5 Å². The topological polar surface area (TPSA) is 57.7 Å². The van der Waals surface area contributed by atoms with Crippen molar-refractivity contribution in [2.75, 3.05) is 6.61 Å². The molecule has 0 saturated heterocycles. The highest BCUT2D eigenvalue weighted by molar-refractivity contribution is 7.09. The molecule has 0 unspecified atom stereocenters. The maximum atomic E-state index is 12.8. The Bertz CT molecular complexity index is 836. The van der Waals surface area contributed by atoms with E-state index in [0.29, 0.717) is 17.2 Å². The number of aromatic nitrogens is 1. The molecule has 0 fully saturated rings. The summed E-state index contributed by atoms with van der Waals surface area (Å²) in [4.78, 5) is 16.0. The molecule has 7 heteroatoms. The highest BCUT2D eigenvalue weighted by atomic mass is 32.1. The lowest BCUT2D eigenvalue weighted by Gasteiger charge is -2.06. The number of para-hydroxylation sites is 1. The third kappa shape index (κ3) is 5.56. The molecule has 134 valence electrons. The third-order valence-electron chi connectivity index (χ3n) is 3.26. The van der Waals surface area contributed by atoms with Crippen LogP contribution in [-0.2, 0) is 22.7 Å². The fourth-order valence-electron chi connectivity index (χ4n) is 2.01. The molecule has 0 spiro atoms. The fraction of sp³-hybridized carbons (Fsp3) is 0.158. The predicted molar refractivity (Wildman–Crippen MR) is 94.6 cm³/mol. The van der Waals surface area contributed by atoms with Crippen molar-refractivity contribution in [1.82, 2.24) is 4.98 Å². The molecule has 0 aliphatic carbocycles. The Balaban J connectivity index is 1.40. The maximum Gasteiger partial charge on any atom is 0.344 e. The van der Waals surface area contributed by atoms with Crippen molar-refractivity contribution in [3.63, 3.8) is 0 Å². The fourth-order valence-corrected chi connectivity index (χ4v) is 2.70. The van der Waals surface area contributed by atoms with Crippen LogP contribution in [0.5, 0.6) is 11.5 Å². The average molecular weight is 373 g/mol. The summed E-state index contributed by atoms with van der Waals surface area (Å²) in [5.41, 5.74) is 0.640. The summed E-state index contributed by atoms with van der Waals surface area (Å²) in [6.45, 7) is 0.181. The smallest absolute Gasteiger partial charge is 0.344 e. The third-order valence-corrected chi connectivity index (χ3v) is 4.13. The van der Waals surface area contributed by atoms with Gasteiger partial charge in [-0.2, -0.15) is 0 Å². The van der Waals surface area contributed by atoms with E-state index in [-0.39, 0.29) is 25.6 Å². The van der Waals surface area contributed by atoms with E-state index in [0.717, 1.165) is 5.01 Å². The summed E-state index contributed by atoms with van der Waals surface area (Å²) < 4.78 is 28.8. The lowest BCUT2D eigenvalue weighted by atomic mass is 10.3. The van der Waals surface area contributed by atoms with Crippen LogP contribution in [0.25, 0.3) is 0 Å². The Morgan fingerprint density at radius 2 is 1.69 bits per heavy atom. The van der Waals surface area contributed by atoms with E-state index < -0.39 is 5.97 Å². The van der Waals surface area contributed by atoms with Crippen LogP contribution in [-0.4, -0.2) is 17.6 Å². The van der Waals surface area contributed by atoms with Gasteiger partial charge in [-0.3, -0.25) is 0 Å². The van der Waals surface area contributed by atoms with Crippen LogP contribution in [0.3, 0.4) is 0 Å². The Morgan fingerprint density at radius 3 is 2.46 bits per heavy atom. The van der Waals surface area contributed by atoms with Crippen LogP contribution in [0.2, 0.25) is 0 Å². The van der Waals surface area contributed by atoms with Crippen molar-refractivity contribution in [3.8, 4) is 11.5 Å². The summed E-state index contributed by atoms with van der Waals surface area (Å²) in [5.74, 6) is 0.392. The number of carbonyl (C=O) groups excluding carboxylic acids is 1. The second-order valence-corrected chi connectivity index (χ2v) is 6.18. The zero-order chi connectivity index (χ0) is 18.2. The minimum absolute atomic E-state index is 0.0734. The zero-order valence-corrected chi connectivity index (χ0v) is 14.6. The number of nitrogens with zero attached hydrogens (tertiary/aromatic N) is 1. The van der Waals surface area contributed by atoms with Crippen molar-refractivity contribution < 1.29 is 23.4 Å². The molecule has 1 heterocycles. The van der Waals surface area contributed by atoms with Gasteiger partial charge in [0.15, 0.2) is 6.61 Å². The van der Waals surface area contributed by atoms with E-state index >= 15 is 0 Å². The van der Waals surface area contributed by atoms with Crippen LogP contribution in [0.4, 0.5) is 4.39 Å². The van der Waals surface area contributed by atoms with Gasteiger partial charge in [-0.15, -0.1) is 11.3 Å². The Morgan fingerprint density at radius 1 is 0.962 bits per heavy atom. The molecule has 3 aromatic rings. The Kier molecular flexibility index (Phi) is 6.16. The predicted octanol–water partition coefficient (Wildman–Crippen LogP) is 3.98. The summed E-state index contributed by atoms with van der Waals surface area (Å²) in [6.07, 6.45) is 0. The summed E-state index contributed by atoms with van der Waals surface area (Å²) >= 11 is 1.40. The normalized spacial score (nSPS) is 10.3. The molecule has 0 atom stereocenters. The van der Waals surface area contributed by atoms with E-state index in [1.54, 1.807) is 29.6 Å². The number of halogens is 1. The number of benzene rings is 2. The average Bonchev–Trinajstić information content (AvgIpc) is 3.13. The van der Waals surface area contributed by atoms with Crippen molar-refractivity contribution >= 4 is 17.3 Å². The summed E-state index contributed by atoms with van der Waals surface area (Å²) in [5, 5.41) is 2.54. The van der Waals surface area contributed by atoms with Gasteiger partial charge in [0.2, 0.25) is 0 Å². The molecule has 0 aliphatic rings. The Hall–Kier alpha value is -2.93. The van der Waals surface area contributed by atoms with Gasteiger partial charge in [0, 0.05) is 5.38 Å². The Labute approximate surface area is 154 Å². The summed E-state index contributed by atoms with van der Waals surface area (Å²) in [7, 11) is 0. The van der Waals surface area contributed by atoms with Crippen LogP contribution >= 0.6 is 11.3 Å². The van der Waals surface area contributed by atoms with Gasteiger partial charge in [-0.25, -0.2) is 14.2 Å². The molecular weight excluding hydrogens is 357 g/mol. The molecule has 0 aliphatic heterocycles. The monoisotopic (exact) mass is 373 g/mol. The summed E-state index contributed by atoms with van der Waals surface area (Å²) in [6, 6.07) is 14.8. The van der Waals surface area contributed by atoms with E-state index in [2.05, 4.69) is 4.98 Å². The molecule has 26 heavy (non-hydrogen) atoms. The number of hydrogen-bond donors (Lipinski definition) is 0. The van der Waals surface area contributed by atoms with Gasteiger partial charge in [-0.1, -0.05) is 18.2 Å². The molecule has 0 N–H and O–H groups in total. The van der Waals surface area contributed by atoms with Gasteiger partial charge in [0.1, 0.15) is 35.5 Å². The molecule has 2 aromatic carbocycles. The van der Waals surface area contributed by atoms with Crippen molar-refractivity contribution in [2.24, 2.45) is 0 Å². The molecule has 0 bridgehead atoms. The maximum absolute atomic E-state index is 12.8.